The van der Waals surface area contributed by atoms with Gasteiger partial charge in [0.15, 0.2) is 0 Å². The third kappa shape index (κ3) is 4.46. The van der Waals surface area contributed by atoms with Gasteiger partial charge in [-0.3, -0.25) is 14.8 Å². The van der Waals surface area contributed by atoms with E-state index in [9.17, 15) is 4.79 Å². The Morgan fingerprint density at radius 1 is 1.19 bits per heavy atom. The summed E-state index contributed by atoms with van der Waals surface area (Å²) in [5, 5.41) is 19.5. The average Bonchev–Trinajstić information content (AvgIpc) is 3.17. The van der Waals surface area contributed by atoms with E-state index in [0.29, 0.717) is 5.13 Å². The molecule has 1 amide bonds. The predicted octanol–water partition coefficient (Wildman–Crippen LogP) is 2.88. The maximum Gasteiger partial charge on any atom is 0.248 e. The Bertz CT molecular complexity index is 886. The zero-order valence-electron chi connectivity index (χ0n) is 15.0. The van der Waals surface area contributed by atoms with Crippen LogP contribution in [0.4, 0.5) is 5.13 Å². The number of likely N-dealkylation sites (N-methyl/N-ethyl adjacent to an activating group) is 1. The molecule has 0 saturated carbocycles. The van der Waals surface area contributed by atoms with Gasteiger partial charge < -0.3 is 5.32 Å². The molecule has 2 N–H and O–H groups in total. The Morgan fingerprint density at radius 2 is 1.88 bits per heavy atom. The lowest BCUT2D eigenvalue weighted by molar-refractivity contribution is -0.118. The summed E-state index contributed by atoms with van der Waals surface area (Å²) in [5.74, 6) is -0.196. The number of aryl methyl sites for hydroxylation is 3. The Balaban J connectivity index is 0.00000243. The van der Waals surface area contributed by atoms with Gasteiger partial charge in [0.05, 0.1) is 6.20 Å². The Kier molecular flexibility index (Phi) is 6.47. The first-order chi connectivity index (χ1) is 12.0. The topological polar surface area (TPSA) is 84.7 Å². The predicted molar refractivity (Wildman–Crippen MR) is 106 cm³/mol. The smallest absolute Gasteiger partial charge is 0.248 e. The largest absolute Gasteiger partial charge is 0.305 e. The van der Waals surface area contributed by atoms with E-state index in [1.165, 1.54) is 22.5 Å². The van der Waals surface area contributed by atoms with Crippen molar-refractivity contribution in [2.24, 2.45) is 7.05 Å². The van der Waals surface area contributed by atoms with Crippen LogP contribution in [0.2, 0.25) is 0 Å². The minimum absolute atomic E-state index is 0. The van der Waals surface area contributed by atoms with Gasteiger partial charge in [-0.2, -0.15) is 5.10 Å². The van der Waals surface area contributed by atoms with Gasteiger partial charge in [0.1, 0.15) is 11.0 Å². The molecular formula is C17H21ClN6OS. The van der Waals surface area contributed by atoms with E-state index in [0.717, 1.165) is 16.1 Å². The van der Waals surface area contributed by atoms with Crippen LogP contribution >= 0.6 is 23.7 Å². The summed E-state index contributed by atoms with van der Waals surface area (Å²) in [7, 11) is 3.55. The monoisotopic (exact) mass is 392 g/mol. The van der Waals surface area contributed by atoms with Crippen molar-refractivity contribution in [3.8, 4) is 10.6 Å². The van der Waals surface area contributed by atoms with E-state index < -0.39 is 6.04 Å². The number of nitrogens with one attached hydrogen (secondary N) is 2. The first kappa shape index (κ1) is 20.0. The third-order valence-electron chi connectivity index (χ3n) is 3.73. The second kappa shape index (κ2) is 8.39. The Morgan fingerprint density at radius 3 is 2.46 bits per heavy atom. The molecule has 2 aromatic heterocycles. The molecule has 1 unspecified atom stereocenters. The van der Waals surface area contributed by atoms with Gasteiger partial charge in [0.25, 0.3) is 0 Å². The lowest BCUT2D eigenvalue weighted by Gasteiger charge is -2.12. The molecule has 2 heterocycles. The van der Waals surface area contributed by atoms with Crippen LogP contribution in [0.3, 0.4) is 0 Å². The number of benzene rings is 1. The van der Waals surface area contributed by atoms with Gasteiger partial charge in [0.2, 0.25) is 11.0 Å². The van der Waals surface area contributed by atoms with Crippen LogP contribution in [-0.4, -0.2) is 32.9 Å². The van der Waals surface area contributed by atoms with Crippen molar-refractivity contribution in [1.82, 2.24) is 25.3 Å². The number of halogens is 1. The van der Waals surface area contributed by atoms with Crippen molar-refractivity contribution in [3.05, 3.63) is 47.3 Å². The van der Waals surface area contributed by atoms with Gasteiger partial charge in [0, 0.05) is 24.4 Å². The lowest BCUT2D eigenvalue weighted by Crippen LogP contribution is -2.30. The van der Waals surface area contributed by atoms with Crippen molar-refractivity contribution in [3.63, 3.8) is 0 Å². The molecule has 0 aliphatic rings. The van der Waals surface area contributed by atoms with Crippen molar-refractivity contribution in [2.75, 3.05) is 12.4 Å². The number of rotatable bonds is 5. The van der Waals surface area contributed by atoms with Crippen molar-refractivity contribution >= 4 is 34.8 Å². The molecule has 3 aromatic rings. The quantitative estimate of drug-likeness (QED) is 0.697. The highest BCUT2D eigenvalue weighted by Crippen LogP contribution is 2.28. The van der Waals surface area contributed by atoms with Crippen LogP contribution in [0.5, 0.6) is 0 Å². The third-order valence-corrected chi connectivity index (χ3v) is 4.62. The molecule has 0 fully saturated rings. The van der Waals surface area contributed by atoms with Gasteiger partial charge in [-0.05, 0) is 33.0 Å². The average molecular weight is 393 g/mol. The SMILES string of the molecule is CNC(C(=O)Nc1nnc(-c2cc(C)cc(C)c2)s1)c1cnn(C)c1.Cl. The molecule has 1 atom stereocenters. The fourth-order valence-electron chi connectivity index (χ4n) is 2.70. The number of carbonyl (C=O) groups excluding carboxylic acids is 1. The number of aromatic nitrogens is 4. The zero-order valence-corrected chi connectivity index (χ0v) is 16.6. The summed E-state index contributed by atoms with van der Waals surface area (Å²) >= 11 is 1.36. The first-order valence-electron chi connectivity index (χ1n) is 7.85. The van der Waals surface area contributed by atoms with Crippen molar-refractivity contribution < 1.29 is 4.79 Å². The molecule has 3 rings (SSSR count). The van der Waals surface area contributed by atoms with Gasteiger partial charge in [-0.15, -0.1) is 22.6 Å². The number of amides is 1. The van der Waals surface area contributed by atoms with Crippen LogP contribution in [0.25, 0.3) is 10.6 Å². The molecule has 0 saturated heterocycles. The molecule has 138 valence electrons. The molecular weight excluding hydrogens is 372 g/mol. The molecule has 0 bridgehead atoms. The van der Waals surface area contributed by atoms with E-state index in [1.807, 2.05) is 27.1 Å². The van der Waals surface area contributed by atoms with Crippen LogP contribution in [0.15, 0.2) is 30.6 Å². The Hall–Kier alpha value is -2.29. The highest BCUT2D eigenvalue weighted by atomic mass is 35.5. The number of anilines is 1. The lowest BCUT2D eigenvalue weighted by atomic mass is 10.1. The minimum atomic E-state index is -0.498. The molecule has 0 aliphatic carbocycles. The molecule has 26 heavy (non-hydrogen) atoms. The maximum atomic E-state index is 12.5. The van der Waals surface area contributed by atoms with Gasteiger partial charge >= 0.3 is 0 Å². The second-order valence-corrected chi connectivity index (χ2v) is 6.92. The molecule has 7 nitrogen and oxygen atoms in total. The van der Waals surface area contributed by atoms with Crippen LogP contribution in [0, 0.1) is 13.8 Å². The second-order valence-electron chi connectivity index (χ2n) is 5.95. The number of carbonyl (C=O) groups is 1. The first-order valence-corrected chi connectivity index (χ1v) is 8.67. The maximum absolute atomic E-state index is 12.5. The summed E-state index contributed by atoms with van der Waals surface area (Å²) < 4.78 is 1.66. The van der Waals surface area contributed by atoms with Crippen LogP contribution < -0.4 is 10.6 Å². The molecule has 1 aromatic carbocycles. The summed E-state index contributed by atoms with van der Waals surface area (Å²) in [6.07, 6.45) is 3.48. The highest BCUT2D eigenvalue weighted by molar-refractivity contribution is 7.18. The van der Waals surface area contributed by atoms with Crippen molar-refractivity contribution in [1.29, 1.82) is 0 Å². The van der Waals surface area contributed by atoms with E-state index in [2.05, 4.69) is 44.1 Å². The molecule has 0 radical (unpaired) electrons. The van der Waals surface area contributed by atoms with Gasteiger partial charge in [-0.25, -0.2) is 0 Å². The number of hydrogen-bond donors (Lipinski definition) is 2. The fraction of sp³-hybridized carbons (Fsp3) is 0.294. The summed E-state index contributed by atoms with van der Waals surface area (Å²) in [4.78, 5) is 12.5. The zero-order chi connectivity index (χ0) is 18.0. The fourth-order valence-corrected chi connectivity index (χ4v) is 3.44. The summed E-state index contributed by atoms with van der Waals surface area (Å²) in [5.41, 5.74) is 4.14. The van der Waals surface area contributed by atoms with E-state index in [-0.39, 0.29) is 18.3 Å². The normalized spacial score (nSPS) is 11.7. The van der Waals surface area contributed by atoms with E-state index in [1.54, 1.807) is 17.9 Å². The summed E-state index contributed by atoms with van der Waals surface area (Å²) in [6.45, 7) is 4.09. The molecule has 9 heteroatoms. The summed E-state index contributed by atoms with van der Waals surface area (Å²) in [6, 6.07) is 5.73. The highest BCUT2D eigenvalue weighted by Gasteiger charge is 2.21. The Labute approximate surface area is 162 Å². The van der Waals surface area contributed by atoms with Gasteiger partial charge in [-0.1, -0.05) is 28.5 Å². The van der Waals surface area contributed by atoms with E-state index in [4.69, 9.17) is 0 Å². The standard InChI is InChI=1S/C17H20N6OS.ClH/c1-10-5-11(2)7-12(6-10)16-21-22-17(25-16)20-15(24)14(18-3)13-8-19-23(4)9-13;/h5-9,14,18H,1-4H3,(H,20,22,24);1H. The van der Waals surface area contributed by atoms with Crippen LogP contribution in [-0.2, 0) is 11.8 Å². The van der Waals surface area contributed by atoms with Crippen LogP contribution in [0.1, 0.15) is 22.7 Å². The number of hydrogen-bond acceptors (Lipinski definition) is 6. The number of nitrogens with zero attached hydrogens (tertiary/aromatic N) is 4. The van der Waals surface area contributed by atoms with E-state index >= 15 is 0 Å². The molecule has 0 spiro atoms. The van der Waals surface area contributed by atoms with Crippen molar-refractivity contribution in [2.45, 2.75) is 19.9 Å². The molecule has 0 aliphatic heterocycles. The minimum Gasteiger partial charge on any atom is -0.305 e.